The summed E-state index contributed by atoms with van der Waals surface area (Å²) in [5.74, 6) is 0.957. The van der Waals surface area contributed by atoms with Crippen molar-refractivity contribution in [3.63, 3.8) is 0 Å². The predicted octanol–water partition coefficient (Wildman–Crippen LogP) is 2.11. The standard InChI is InChI=1S/C14H19N3O/c1-3-18-14-7-5-4-6-13(14)10-15-8-12-9-16-17(2)11-12/h4-7,9,11,15H,3,8,10H2,1-2H3. The molecule has 4 nitrogen and oxygen atoms in total. The van der Waals surface area contributed by atoms with Crippen LogP contribution in [0.25, 0.3) is 0 Å². The molecule has 4 heteroatoms. The molecule has 0 aliphatic carbocycles. The summed E-state index contributed by atoms with van der Waals surface area (Å²) in [5.41, 5.74) is 2.37. The van der Waals surface area contributed by atoms with E-state index < -0.39 is 0 Å². The molecule has 0 spiro atoms. The smallest absolute Gasteiger partial charge is 0.123 e. The lowest BCUT2D eigenvalue weighted by molar-refractivity contribution is 0.335. The second-order valence-corrected chi connectivity index (χ2v) is 4.17. The van der Waals surface area contributed by atoms with Crippen molar-refractivity contribution in [1.29, 1.82) is 0 Å². The van der Waals surface area contributed by atoms with Crippen molar-refractivity contribution in [2.45, 2.75) is 20.0 Å². The summed E-state index contributed by atoms with van der Waals surface area (Å²) in [7, 11) is 1.92. The van der Waals surface area contributed by atoms with Gasteiger partial charge in [-0.2, -0.15) is 5.10 Å². The number of nitrogens with zero attached hydrogens (tertiary/aromatic N) is 2. The molecule has 2 rings (SSSR count). The van der Waals surface area contributed by atoms with Gasteiger partial charge in [0.25, 0.3) is 0 Å². The third-order valence-electron chi connectivity index (χ3n) is 2.68. The van der Waals surface area contributed by atoms with Crippen LogP contribution in [0, 0.1) is 0 Å². The molecule has 1 aromatic carbocycles. The van der Waals surface area contributed by atoms with E-state index in [4.69, 9.17) is 4.74 Å². The van der Waals surface area contributed by atoms with Crippen LogP contribution < -0.4 is 10.1 Å². The zero-order chi connectivity index (χ0) is 12.8. The van der Waals surface area contributed by atoms with Crippen molar-refractivity contribution in [3.8, 4) is 5.75 Å². The molecule has 18 heavy (non-hydrogen) atoms. The molecule has 0 amide bonds. The molecule has 0 unspecified atom stereocenters. The Bertz CT molecular complexity index is 493. The molecule has 0 atom stereocenters. The monoisotopic (exact) mass is 245 g/mol. The van der Waals surface area contributed by atoms with E-state index in [1.54, 1.807) is 0 Å². The van der Waals surface area contributed by atoms with Gasteiger partial charge in [0.05, 0.1) is 12.8 Å². The molecule has 1 N–H and O–H groups in total. The van der Waals surface area contributed by atoms with E-state index in [0.29, 0.717) is 6.61 Å². The van der Waals surface area contributed by atoms with Crippen LogP contribution in [-0.4, -0.2) is 16.4 Å². The Balaban J connectivity index is 1.89. The maximum Gasteiger partial charge on any atom is 0.123 e. The number of rotatable bonds is 6. The highest BCUT2D eigenvalue weighted by Gasteiger charge is 2.02. The van der Waals surface area contributed by atoms with Crippen LogP contribution in [0.1, 0.15) is 18.1 Å². The number of benzene rings is 1. The van der Waals surface area contributed by atoms with Gasteiger partial charge in [-0.3, -0.25) is 4.68 Å². The summed E-state index contributed by atoms with van der Waals surface area (Å²) < 4.78 is 7.40. The fourth-order valence-corrected chi connectivity index (χ4v) is 1.85. The molecule has 0 saturated carbocycles. The first-order valence-electron chi connectivity index (χ1n) is 6.18. The van der Waals surface area contributed by atoms with Gasteiger partial charge in [0.2, 0.25) is 0 Å². The molecular formula is C14H19N3O. The normalized spacial score (nSPS) is 10.6. The number of ether oxygens (including phenoxy) is 1. The summed E-state index contributed by atoms with van der Waals surface area (Å²) in [4.78, 5) is 0. The molecule has 0 aliphatic rings. The van der Waals surface area contributed by atoms with Gasteiger partial charge in [0.15, 0.2) is 0 Å². The van der Waals surface area contributed by atoms with E-state index >= 15 is 0 Å². The quantitative estimate of drug-likeness (QED) is 0.847. The minimum Gasteiger partial charge on any atom is -0.494 e. The Morgan fingerprint density at radius 1 is 1.28 bits per heavy atom. The highest BCUT2D eigenvalue weighted by molar-refractivity contribution is 5.33. The van der Waals surface area contributed by atoms with Gasteiger partial charge in [-0.1, -0.05) is 18.2 Å². The van der Waals surface area contributed by atoms with E-state index in [0.717, 1.165) is 18.8 Å². The minimum absolute atomic E-state index is 0.694. The molecule has 0 bridgehead atoms. The average Bonchev–Trinajstić information content (AvgIpc) is 2.78. The zero-order valence-electron chi connectivity index (χ0n) is 10.9. The second kappa shape index (κ2) is 6.21. The van der Waals surface area contributed by atoms with E-state index in [2.05, 4.69) is 16.5 Å². The van der Waals surface area contributed by atoms with Gasteiger partial charge < -0.3 is 10.1 Å². The third-order valence-corrected chi connectivity index (χ3v) is 2.68. The van der Waals surface area contributed by atoms with Crippen LogP contribution in [0.4, 0.5) is 0 Å². The van der Waals surface area contributed by atoms with E-state index in [-0.39, 0.29) is 0 Å². The first-order valence-corrected chi connectivity index (χ1v) is 6.18. The predicted molar refractivity (Wildman–Crippen MR) is 71.4 cm³/mol. The number of nitrogens with one attached hydrogen (secondary N) is 1. The van der Waals surface area contributed by atoms with E-state index in [9.17, 15) is 0 Å². The Morgan fingerprint density at radius 2 is 2.11 bits per heavy atom. The first-order chi connectivity index (χ1) is 8.79. The Morgan fingerprint density at radius 3 is 2.83 bits per heavy atom. The maximum absolute atomic E-state index is 5.59. The number of aryl methyl sites for hydroxylation is 1. The number of aromatic nitrogens is 2. The zero-order valence-corrected chi connectivity index (χ0v) is 10.9. The van der Waals surface area contributed by atoms with Crippen molar-refractivity contribution in [2.75, 3.05) is 6.61 Å². The second-order valence-electron chi connectivity index (χ2n) is 4.17. The van der Waals surface area contributed by atoms with Crippen molar-refractivity contribution in [1.82, 2.24) is 15.1 Å². The number of hydrogen-bond acceptors (Lipinski definition) is 3. The molecule has 0 radical (unpaired) electrons. The topological polar surface area (TPSA) is 39.1 Å². The summed E-state index contributed by atoms with van der Waals surface area (Å²) in [6, 6.07) is 8.12. The van der Waals surface area contributed by atoms with Crippen LogP contribution in [-0.2, 0) is 20.1 Å². The first kappa shape index (κ1) is 12.6. The lowest BCUT2D eigenvalue weighted by Gasteiger charge is -2.10. The van der Waals surface area contributed by atoms with Gasteiger partial charge in [-0.25, -0.2) is 0 Å². The van der Waals surface area contributed by atoms with Crippen molar-refractivity contribution >= 4 is 0 Å². The van der Waals surface area contributed by atoms with Crippen LogP contribution in [0.2, 0.25) is 0 Å². The molecule has 1 heterocycles. The molecule has 1 aromatic heterocycles. The summed E-state index contributed by atoms with van der Waals surface area (Å²) in [5, 5.41) is 7.54. The highest BCUT2D eigenvalue weighted by atomic mass is 16.5. The maximum atomic E-state index is 5.59. The SMILES string of the molecule is CCOc1ccccc1CNCc1cnn(C)c1. The third kappa shape index (κ3) is 3.34. The van der Waals surface area contributed by atoms with Crippen molar-refractivity contribution < 1.29 is 4.74 Å². The van der Waals surface area contributed by atoms with Crippen LogP contribution in [0.3, 0.4) is 0 Å². The summed E-state index contributed by atoms with van der Waals surface area (Å²) in [6.07, 6.45) is 3.89. The lowest BCUT2D eigenvalue weighted by atomic mass is 10.2. The Labute approximate surface area is 108 Å². The molecule has 0 fully saturated rings. The fraction of sp³-hybridized carbons (Fsp3) is 0.357. The average molecular weight is 245 g/mol. The minimum atomic E-state index is 0.694. The van der Waals surface area contributed by atoms with Gasteiger partial charge in [0, 0.05) is 37.5 Å². The van der Waals surface area contributed by atoms with Gasteiger partial charge in [-0.05, 0) is 13.0 Å². The Hall–Kier alpha value is -1.81. The van der Waals surface area contributed by atoms with Gasteiger partial charge >= 0.3 is 0 Å². The summed E-state index contributed by atoms with van der Waals surface area (Å²) >= 11 is 0. The van der Waals surface area contributed by atoms with Crippen molar-refractivity contribution in [3.05, 3.63) is 47.8 Å². The molecule has 0 saturated heterocycles. The van der Waals surface area contributed by atoms with Crippen LogP contribution in [0.5, 0.6) is 5.75 Å². The Kier molecular flexibility index (Phi) is 4.36. The summed E-state index contributed by atoms with van der Waals surface area (Å²) in [6.45, 7) is 4.30. The van der Waals surface area contributed by atoms with Gasteiger partial charge in [-0.15, -0.1) is 0 Å². The molecule has 2 aromatic rings. The van der Waals surface area contributed by atoms with E-state index in [1.807, 2.05) is 49.2 Å². The van der Waals surface area contributed by atoms with Gasteiger partial charge in [0.1, 0.15) is 5.75 Å². The molecule has 96 valence electrons. The fourth-order valence-electron chi connectivity index (χ4n) is 1.85. The van der Waals surface area contributed by atoms with Crippen LogP contribution in [0.15, 0.2) is 36.7 Å². The van der Waals surface area contributed by atoms with E-state index in [1.165, 1.54) is 11.1 Å². The number of para-hydroxylation sites is 1. The molecule has 0 aliphatic heterocycles. The lowest BCUT2D eigenvalue weighted by Crippen LogP contribution is -2.13. The highest BCUT2D eigenvalue weighted by Crippen LogP contribution is 2.17. The largest absolute Gasteiger partial charge is 0.494 e. The van der Waals surface area contributed by atoms with Crippen LogP contribution >= 0.6 is 0 Å². The molecular weight excluding hydrogens is 226 g/mol. The number of hydrogen-bond donors (Lipinski definition) is 1. The van der Waals surface area contributed by atoms with Crippen molar-refractivity contribution in [2.24, 2.45) is 7.05 Å².